The molecule has 0 aromatic heterocycles. The van der Waals surface area contributed by atoms with Gasteiger partial charge in [-0.15, -0.1) is 0 Å². The molecular formula is C16H7Cl18. The molecule has 1 aromatic rings. The Morgan fingerprint density at radius 2 is 0.735 bits per heavy atom. The van der Waals surface area contributed by atoms with Gasteiger partial charge in [0.2, 0.25) is 16.3 Å². The summed E-state index contributed by atoms with van der Waals surface area (Å²) in [4.78, 5) is 0. The first-order chi connectivity index (χ1) is 14.7. The maximum Gasteiger partial charge on any atom is 0.226 e. The largest absolute Gasteiger partial charge is 0.226 e. The number of halogens is 18. The molecule has 1 radical (unpaired) electrons. The molecule has 0 heterocycles. The summed E-state index contributed by atoms with van der Waals surface area (Å²) in [5.74, 6) is 0. The van der Waals surface area contributed by atoms with Crippen LogP contribution in [-0.2, 0) is 8.67 Å². The molecule has 0 nitrogen and oxygen atoms in total. The van der Waals surface area contributed by atoms with Gasteiger partial charge in [0.25, 0.3) is 0 Å². The van der Waals surface area contributed by atoms with Gasteiger partial charge in [0.1, 0.15) is 0 Å². The Balaban J connectivity index is 3.93. The molecule has 0 bridgehead atoms. The fourth-order valence-corrected chi connectivity index (χ4v) is 7.10. The highest BCUT2D eigenvalue weighted by molar-refractivity contribution is 6.81. The lowest BCUT2D eigenvalue weighted by Crippen LogP contribution is -2.56. The summed E-state index contributed by atoms with van der Waals surface area (Å²) in [6, 6.07) is 4.12. The fourth-order valence-electron chi connectivity index (χ4n) is 2.51. The van der Waals surface area contributed by atoms with Crippen LogP contribution in [0.2, 0.25) is 0 Å². The molecule has 0 aliphatic carbocycles. The van der Waals surface area contributed by atoms with Crippen LogP contribution in [0.15, 0.2) is 18.2 Å². The minimum Gasteiger partial charge on any atom is -0.0943 e. The monoisotopic (exact) mass is 828 g/mol. The Morgan fingerprint density at radius 1 is 0.471 bits per heavy atom. The first-order valence-corrected chi connectivity index (χ1v) is 14.8. The Kier molecular flexibility index (Phi) is 12.5. The van der Waals surface area contributed by atoms with Crippen LogP contribution in [0.4, 0.5) is 0 Å². The Hall–Kier alpha value is 4.44. The van der Waals surface area contributed by atoms with Gasteiger partial charge in [0, 0.05) is 0 Å². The molecule has 0 amide bonds. The number of rotatable bonds is 7. The van der Waals surface area contributed by atoms with Crippen molar-refractivity contribution in [3.63, 3.8) is 0 Å². The third kappa shape index (κ3) is 6.13. The highest BCUT2D eigenvalue weighted by Crippen LogP contribution is 2.68. The van der Waals surface area contributed by atoms with Crippen LogP contribution in [0.5, 0.6) is 0 Å². The van der Waals surface area contributed by atoms with E-state index in [9.17, 15) is 0 Å². The van der Waals surface area contributed by atoms with Crippen LogP contribution in [0.25, 0.3) is 0 Å². The molecule has 18 heteroatoms. The maximum atomic E-state index is 6.60. The summed E-state index contributed by atoms with van der Waals surface area (Å²) in [5.41, 5.74) is -0.0610. The summed E-state index contributed by atoms with van der Waals surface area (Å²) in [6.07, 6.45) is 1.44. The van der Waals surface area contributed by atoms with Crippen molar-refractivity contribution >= 4 is 209 Å². The summed E-state index contributed by atoms with van der Waals surface area (Å²) in [5, 5.41) is 0. The molecule has 0 saturated heterocycles. The molecule has 1 rings (SSSR count). The molecule has 34 heavy (non-hydrogen) atoms. The van der Waals surface area contributed by atoms with Crippen LogP contribution in [0, 0.1) is 6.42 Å². The third-order valence-corrected chi connectivity index (χ3v) is 15.3. The lowest BCUT2D eigenvalue weighted by atomic mass is 9.90. The lowest BCUT2D eigenvalue weighted by molar-refractivity contribution is 0.586. The first kappa shape index (κ1) is 36.5. The van der Waals surface area contributed by atoms with Gasteiger partial charge in [-0.2, -0.15) is 0 Å². The van der Waals surface area contributed by atoms with Gasteiger partial charge in [0.15, 0.2) is 17.3 Å². The van der Waals surface area contributed by atoms with Crippen molar-refractivity contribution in [2.75, 3.05) is 0 Å². The second-order valence-electron chi connectivity index (χ2n) is 6.50. The predicted octanol–water partition coefficient (Wildman–Crippen LogP) is 13.0. The molecular weight excluding hydrogens is 830 g/mol. The minimum absolute atomic E-state index is 0.0702. The summed E-state index contributed by atoms with van der Waals surface area (Å²) in [7, 11) is 0. The number of alkyl halides is 18. The van der Waals surface area contributed by atoms with E-state index >= 15 is 0 Å². The average Bonchev–Trinajstić information content (AvgIpc) is 2.64. The normalized spacial score (nSPS) is 15.6. The molecule has 0 atom stereocenters. The van der Waals surface area contributed by atoms with Crippen molar-refractivity contribution < 1.29 is 0 Å². The van der Waals surface area contributed by atoms with Crippen molar-refractivity contribution in [1.82, 2.24) is 0 Å². The van der Waals surface area contributed by atoms with Crippen LogP contribution in [0.1, 0.15) is 23.6 Å². The van der Waals surface area contributed by atoms with Gasteiger partial charge in [-0.3, -0.25) is 0 Å². The first-order valence-electron chi connectivity index (χ1n) is 8.01. The van der Waals surface area contributed by atoms with Gasteiger partial charge >= 0.3 is 0 Å². The van der Waals surface area contributed by atoms with E-state index in [1.54, 1.807) is 0 Å². The van der Waals surface area contributed by atoms with Gasteiger partial charge in [-0.05, 0) is 23.1 Å². The Bertz CT molecular complexity index is 820. The van der Waals surface area contributed by atoms with E-state index < -0.39 is 33.6 Å². The van der Waals surface area contributed by atoms with E-state index in [2.05, 4.69) is 0 Å². The molecule has 1 aromatic carbocycles. The van der Waals surface area contributed by atoms with Gasteiger partial charge in [-0.1, -0.05) is 234 Å². The summed E-state index contributed by atoms with van der Waals surface area (Å²) >= 11 is 112. The molecule has 0 aliphatic rings. The fraction of sp³-hybridized carbons (Fsp3) is 0.562. The van der Waals surface area contributed by atoms with E-state index in [1.165, 1.54) is 31.5 Å². The second-order valence-corrected chi connectivity index (χ2v) is 19.0. The smallest absolute Gasteiger partial charge is 0.0943 e. The van der Waals surface area contributed by atoms with Crippen molar-refractivity contribution in [3.8, 4) is 0 Å². The number of hydrogen-bond donors (Lipinski definition) is 0. The lowest BCUT2D eigenvalue weighted by Gasteiger charge is -2.46. The van der Waals surface area contributed by atoms with Crippen LogP contribution in [-0.4, -0.2) is 24.9 Å². The zero-order valence-electron chi connectivity index (χ0n) is 15.6. The SMILES string of the molecule is C[CH]c1c(C(Cl)(Cl)C(Cl)(Cl)C(Cl)(Cl)C(Cl)(Cl)Cl)cccc1C(Cl)(Cl)C(Cl)(Cl)C(Cl)(Cl)C(Cl)(Cl)Cl. The molecule has 0 fully saturated rings. The highest BCUT2D eigenvalue weighted by atomic mass is 35.6. The van der Waals surface area contributed by atoms with Gasteiger partial charge in [-0.25, -0.2) is 0 Å². The summed E-state index contributed by atoms with van der Waals surface area (Å²) in [6.45, 7) is 1.54. The molecule has 0 N–H and O–H groups in total. The summed E-state index contributed by atoms with van der Waals surface area (Å²) < 4.78 is -20.1. The van der Waals surface area contributed by atoms with Crippen molar-refractivity contribution in [1.29, 1.82) is 0 Å². The van der Waals surface area contributed by atoms with Gasteiger partial charge in [0.05, 0.1) is 0 Å². The number of benzene rings is 1. The molecule has 0 aliphatic heterocycles. The van der Waals surface area contributed by atoms with Crippen LogP contribution in [0.3, 0.4) is 0 Å². The quantitative estimate of drug-likeness (QED) is 0.240. The number of hydrogen-bond acceptors (Lipinski definition) is 0. The molecule has 0 unspecified atom stereocenters. The topological polar surface area (TPSA) is 0 Å². The van der Waals surface area contributed by atoms with Gasteiger partial charge < -0.3 is 0 Å². The standard InChI is InChI=1S/C16H7Cl18/c1-2-6-7(9(17,18)11(21,22)13(25,26)15(29,30)31)4-3-5-8(6)10(19,20)12(23,24)14(27,28)16(32,33)34/h2-5H,1H3. The van der Waals surface area contributed by atoms with Crippen molar-refractivity contribution in [2.24, 2.45) is 0 Å². The molecule has 197 valence electrons. The van der Waals surface area contributed by atoms with Crippen molar-refractivity contribution in [2.45, 2.75) is 40.5 Å². The zero-order valence-corrected chi connectivity index (χ0v) is 29.2. The minimum atomic E-state index is -2.59. The molecule has 0 saturated carbocycles. The third-order valence-electron chi connectivity index (χ3n) is 4.36. The van der Waals surface area contributed by atoms with Crippen LogP contribution < -0.4 is 0 Å². The zero-order chi connectivity index (χ0) is 27.6. The Labute approximate surface area is 287 Å². The van der Waals surface area contributed by atoms with E-state index in [0.717, 1.165) is 0 Å². The van der Waals surface area contributed by atoms with Crippen LogP contribution >= 0.6 is 209 Å². The van der Waals surface area contributed by atoms with E-state index in [-0.39, 0.29) is 16.7 Å². The average molecular weight is 837 g/mol. The highest BCUT2D eigenvalue weighted by Gasteiger charge is 2.71. The van der Waals surface area contributed by atoms with E-state index in [4.69, 9.17) is 209 Å². The second kappa shape index (κ2) is 11.6. The predicted molar refractivity (Wildman–Crippen MR) is 161 cm³/mol. The molecule has 0 spiro atoms. The van der Waals surface area contributed by atoms with E-state index in [0.29, 0.717) is 0 Å². The van der Waals surface area contributed by atoms with Crippen molar-refractivity contribution in [3.05, 3.63) is 41.3 Å². The van der Waals surface area contributed by atoms with E-state index in [1.807, 2.05) is 0 Å². The maximum absolute atomic E-state index is 6.60. The Morgan fingerprint density at radius 3 is 0.941 bits per heavy atom.